The van der Waals surface area contributed by atoms with Gasteiger partial charge in [-0.2, -0.15) is 8.78 Å². The highest BCUT2D eigenvalue weighted by Crippen LogP contribution is 2.27. The lowest BCUT2D eigenvalue weighted by molar-refractivity contribution is -0.0503. The van der Waals surface area contributed by atoms with Crippen molar-refractivity contribution in [3.8, 4) is 5.75 Å². The fourth-order valence-electron chi connectivity index (χ4n) is 1.54. The summed E-state index contributed by atoms with van der Waals surface area (Å²) in [6.07, 6.45) is 0. The molecule has 17 heavy (non-hydrogen) atoms. The number of rotatable bonds is 6. The second-order valence-electron chi connectivity index (χ2n) is 3.60. The monoisotopic (exact) mass is 307 g/mol. The molecule has 0 atom stereocenters. The molecule has 0 aliphatic rings. The lowest BCUT2D eigenvalue weighted by atomic mass is 10.2. The summed E-state index contributed by atoms with van der Waals surface area (Å²) in [4.78, 5) is 2.25. The highest BCUT2D eigenvalue weighted by atomic mass is 79.9. The third-order valence-electron chi connectivity index (χ3n) is 2.51. The van der Waals surface area contributed by atoms with Crippen LogP contribution < -0.4 is 4.74 Å². The lowest BCUT2D eigenvalue weighted by Crippen LogP contribution is -2.22. The Hall–Kier alpha value is -0.680. The summed E-state index contributed by atoms with van der Waals surface area (Å²) in [5, 5.41) is 0. The van der Waals surface area contributed by atoms with Crippen LogP contribution in [0.5, 0.6) is 5.75 Å². The van der Waals surface area contributed by atoms with Gasteiger partial charge in [-0.15, -0.1) is 0 Å². The highest BCUT2D eigenvalue weighted by molar-refractivity contribution is 9.10. The van der Waals surface area contributed by atoms with Gasteiger partial charge in [0.1, 0.15) is 5.75 Å². The third kappa shape index (κ3) is 4.60. The van der Waals surface area contributed by atoms with Gasteiger partial charge in [0.15, 0.2) is 0 Å². The molecule has 0 spiro atoms. The van der Waals surface area contributed by atoms with Crippen LogP contribution in [-0.4, -0.2) is 24.6 Å². The second-order valence-corrected chi connectivity index (χ2v) is 4.46. The maximum Gasteiger partial charge on any atom is 0.387 e. The van der Waals surface area contributed by atoms with Gasteiger partial charge in [0.25, 0.3) is 0 Å². The molecule has 0 aliphatic carbocycles. The maximum atomic E-state index is 12.1. The van der Waals surface area contributed by atoms with Crippen LogP contribution in [0.4, 0.5) is 8.78 Å². The van der Waals surface area contributed by atoms with Crippen molar-refractivity contribution in [2.45, 2.75) is 27.0 Å². The van der Waals surface area contributed by atoms with E-state index in [2.05, 4.69) is 39.4 Å². The molecule has 0 N–H and O–H groups in total. The van der Waals surface area contributed by atoms with Crippen LogP contribution in [-0.2, 0) is 6.54 Å². The fraction of sp³-hybridized carbons (Fsp3) is 0.500. The summed E-state index contributed by atoms with van der Waals surface area (Å²) in [5.74, 6) is 0.170. The average Bonchev–Trinajstić information content (AvgIpc) is 2.29. The molecule has 0 saturated carbocycles. The van der Waals surface area contributed by atoms with Crippen LogP contribution in [0.2, 0.25) is 0 Å². The topological polar surface area (TPSA) is 12.5 Å². The number of benzene rings is 1. The normalized spacial score (nSPS) is 11.2. The third-order valence-corrected chi connectivity index (χ3v) is 3.13. The molecule has 1 rings (SSSR count). The summed E-state index contributed by atoms with van der Waals surface area (Å²) in [7, 11) is 0. The van der Waals surface area contributed by atoms with Crippen LogP contribution in [0.15, 0.2) is 22.7 Å². The summed E-state index contributed by atoms with van der Waals surface area (Å²) in [6, 6.07) is 5.19. The van der Waals surface area contributed by atoms with Crippen LogP contribution in [0, 0.1) is 0 Å². The summed E-state index contributed by atoms with van der Waals surface area (Å²) < 4.78 is 29.1. The molecule has 0 saturated heterocycles. The molecule has 0 amide bonds. The first kappa shape index (κ1) is 14.4. The van der Waals surface area contributed by atoms with Crippen molar-refractivity contribution >= 4 is 15.9 Å². The lowest BCUT2D eigenvalue weighted by Gasteiger charge is -2.18. The average molecular weight is 308 g/mol. The van der Waals surface area contributed by atoms with E-state index in [1.54, 1.807) is 12.1 Å². The zero-order valence-electron chi connectivity index (χ0n) is 9.92. The summed E-state index contributed by atoms with van der Waals surface area (Å²) >= 11 is 3.23. The van der Waals surface area contributed by atoms with Crippen molar-refractivity contribution in [2.75, 3.05) is 13.1 Å². The zero-order chi connectivity index (χ0) is 12.8. The first-order valence-corrected chi connectivity index (χ1v) is 6.31. The van der Waals surface area contributed by atoms with Gasteiger partial charge >= 0.3 is 6.61 Å². The van der Waals surface area contributed by atoms with E-state index in [-0.39, 0.29) is 5.75 Å². The Labute approximate surface area is 109 Å². The van der Waals surface area contributed by atoms with Gasteiger partial charge in [0.2, 0.25) is 0 Å². The number of hydrogen-bond donors (Lipinski definition) is 0. The molecule has 0 aromatic heterocycles. The maximum absolute atomic E-state index is 12.1. The van der Waals surface area contributed by atoms with Crippen molar-refractivity contribution in [3.63, 3.8) is 0 Å². The van der Waals surface area contributed by atoms with Crippen LogP contribution in [0.1, 0.15) is 19.4 Å². The molecule has 96 valence electrons. The van der Waals surface area contributed by atoms with Gasteiger partial charge in [-0.3, -0.25) is 4.90 Å². The molecule has 2 nitrogen and oxygen atoms in total. The molecule has 0 fully saturated rings. The quantitative estimate of drug-likeness (QED) is 0.790. The van der Waals surface area contributed by atoms with Crippen molar-refractivity contribution in [1.82, 2.24) is 4.90 Å². The number of alkyl halides is 2. The van der Waals surface area contributed by atoms with E-state index in [1.807, 2.05) is 6.07 Å². The number of ether oxygens (including phenoxy) is 1. The predicted molar refractivity (Wildman–Crippen MR) is 67.4 cm³/mol. The summed E-state index contributed by atoms with van der Waals surface area (Å²) in [5.41, 5.74) is 1.07. The van der Waals surface area contributed by atoms with Gasteiger partial charge in [-0.05, 0) is 46.7 Å². The summed E-state index contributed by atoms with van der Waals surface area (Å²) in [6.45, 7) is 4.12. The van der Waals surface area contributed by atoms with Crippen molar-refractivity contribution < 1.29 is 13.5 Å². The zero-order valence-corrected chi connectivity index (χ0v) is 11.5. The van der Waals surface area contributed by atoms with Gasteiger partial charge in [0.05, 0.1) is 4.47 Å². The Morgan fingerprint density at radius 3 is 2.41 bits per heavy atom. The van der Waals surface area contributed by atoms with E-state index in [9.17, 15) is 8.78 Å². The Bertz CT molecular complexity index is 356. The fourth-order valence-corrected chi connectivity index (χ4v) is 2.06. The first-order chi connectivity index (χ1) is 8.06. The minimum Gasteiger partial charge on any atom is -0.434 e. The SMILES string of the molecule is CCN(CC)Cc1ccc(OC(F)F)c(Br)c1. The van der Waals surface area contributed by atoms with Gasteiger partial charge in [0, 0.05) is 6.54 Å². The minimum atomic E-state index is -2.79. The number of halogens is 3. The standard InChI is InChI=1S/C12H16BrF2NO/c1-3-16(4-2)8-9-5-6-11(10(13)7-9)17-12(14)15/h5-7,12H,3-4,8H2,1-2H3. The van der Waals surface area contributed by atoms with E-state index in [0.717, 1.165) is 25.2 Å². The van der Waals surface area contributed by atoms with Gasteiger partial charge in [-0.1, -0.05) is 19.9 Å². The largest absolute Gasteiger partial charge is 0.434 e. The van der Waals surface area contributed by atoms with E-state index >= 15 is 0 Å². The van der Waals surface area contributed by atoms with E-state index < -0.39 is 6.61 Å². The smallest absolute Gasteiger partial charge is 0.387 e. The Balaban J connectivity index is 2.74. The van der Waals surface area contributed by atoms with E-state index in [4.69, 9.17) is 0 Å². The molecule has 0 bridgehead atoms. The van der Waals surface area contributed by atoms with Gasteiger partial charge < -0.3 is 4.74 Å². The Morgan fingerprint density at radius 2 is 1.94 bits per heavy atom. The highest BCUT2D eigenvalue weighted by Gasteiger charge is 2.09. The molecule has 1 aromatic carbocycles. The van der Waals surface area contributed by atoms with E-state index in [1.165, 1.54) is 0 Å². The molecule has 0 radical (unpaired) electrons. The van der Waals surface area contributed by atoms with Crippen molar-refractivity contribution in [1.29, 1.82) is 0 Å². The molecule has 0 unspecified atom stereocenters. The molecule has 0 heterocycles. The molecular formula is C12H16BrF2NO. The predicted octanol–water partition coefficient (Wildman–Crippen LogP) is 3.89. The second kappa shape index (κ2) is 6.91. The van der Waals surface area contributed by atoms with Gasteiger partial charge in [-0.25, -0.2) is 0 Å². The number of hydrogen-bond acceptors (Lipinski definition) is 2. The van der Waals surface area contributed by atoms with Crippen LogP contribution >= 0.6 is 15.9 Å². The van der Waals surface area contributed by atoms with Crippen molar-refractivity contribution in [3.05, 3.63) is 28.2 Å². The molecule has 5 heteroatoms. The Kier molecular flexibility index (Phi) is 5.85. The first-order valence-electron chi connectivity index (χ1n) is 5.52. The number of nitrogens with zero attached hydrogens (tertiary/aromatic N) is 1. The molecular weight excluding hydrogens is 292 g/mol. The van der Waals surface area contributed by atoms with E-state index in [0.29, 0.717) is 4.47 Å². The van der Waals surface area contributed by atoms with Crippen molar-refractivity contribution in [2.24, 2.45) is 0 Å². The van der Waals surface area contributed by atoms with Crippen LogP contribution in [0.3, 0.4) is 0 Å². The molecule has 1 aromatic rings. The van der Waals surface area contributed by atoms with Crippen LogP contribution in [0.25, 0.3) is 0 Å². The Morgan fingerprint density at radius 1 is 1.29 bits per heavy atom. The minimum absolute atomic E-state index is 0.170. The molecule has 0 aliphatic heterocycles.